The summed E-state index contributed by atoms with van der Waals surface area (Å²) in [5.41, 5.74) is 0.405. The Morgan fingerprint density at radius 1 is 1.21 bits per heavy atom. The summed E-state index contributed by atoms with van der Waals surface area (Å²) in [6, 6.07) is 2.42. The molecule has 0 radical (unpaired) electrons. The first-order chi connectivity index (χ1) is 9.13. The van der Waals surface area contributed by atoms with E-state index in [9.17, 15) is 8.78 Å². The molecular weight excluding hydrogens is 274 g/mol. The van der Waals surface area contributed by atoms with E-state index in [1.807, 2.05) is 0 Å². The van der Waals surface area contributed by atoms with Crippen molar-refractivity contribution in [2.45, 2.75) is 43.8 Å². The fourth-order valence-electron chi connectivity index (χ4n) is 2.39. The van der Waals surface area contributed by atoms with Crippen LogP contribution in [0.5, 0.6) is 5.75 Å². The smallest absolute Gasteiger partial charge is 0.191 e. The molecule has 2 rings (SSSR count). The van der Waals surface area contributed by atoms with Gasteiger partial charge in [-0.25, -0.2) is 8.78 Å². The molecule has 106 valence electrons. The van der Waals surface area contributed by atoms with Gasteiger partial charge in [0.25, 0.3) is 0 Å². The third-order valence-electron chi connectivity index (χ3n) is 3.41. The predicted octanol–water partition coefficient (Wildman–Crippen LogP) is 4.04. The van der Waals surface area contributed by atoms with Crippen molar-refractivity contribution in [3.63, 3.8) is 0 Å². The summed E-state index contributed by atoms with van der Waals surface area (Å²) in [6.07, 6.45) is 3.25. The molecule has 0 saturated heterocycles. The van der Waals surface area contributed by atoms with Crippen LogP contribution in [-0.2, 0) is 10.6 Å². The summed E-state index contributed by atoms with van der Waals surface area (Å²) in [6.45, 7) is 0. The van der Waals surface area contributed by atoms with Crippen LogP contribution in [-0.4, -0.2) is 19.3 Å². The SMILES string of the molecule is COC1CCCC(Oc2c(F)cc(CCl)cc2F)C1. The van der Waals surface area contributed by atoms with Gasteiger partial charge >= 0.3 is 0 Å². The van der Waals surface area contributed by atoms with E-state index < -0.39 is 11.6 Å². The summed E-state index contributed by atoms with van der Waals surface area (Å²) in [7, 11) is 1.64. The molecule has 2 unspecified atom stereocenters. The maximum Gasteiger partial charge on any atom is 0.191 e. The maximum atomic E-state index is 13.8. The molecule has 0 heterocycles. The Bertz CT molecular complexity index is 416. The molecule has 0 aliphatic heterocycles. The van der Waals surface area contributed by atoms with E-state index in [1.165, 1.54) is 12.1 Å². The highest BCUT2D eigenvalue weighted by Crippen LogP contribution is 2.29. The highest BCUT2D eigenvalue weighted by atomic mass is 35.5. The number of ether oxygens (including phenoxy) is 2. The van der Waals surface area contributed by atoms with Crippen LogP contribution in [0.4, 0.5) is 8.78 Å². The van der Waals surface area contributed by atoms with E-state index >= 15 is 0 Å². The average molecular weight is 291 g/mol. The number of hydrogen-bond donors (Lipinski definition) is 0. The lowest BCUT2D eigenvalue weighted by atomic mass is 9.95. The first-order valence-electron chi connectivity index (χ1n) is 6.37. The summed E-state index contributed by atoms with van der Waals surface area (Å²) < 4.78 is 38.3. The molecule has 2 atom stereocenters. The van der Waals surface area contributed by atoms with Crippen LogP contribution in [0.25, 0.3) is 0 Å². The molecule has 0 N–H and O–H groups in total. The number of halogens is 3. The lowest BCUT2D eigenvalue weighted by Crippen LogP contribution is -2.30. The molecule has 0 amide bonds. The van der Waals surface area contributed by atoms with Gasteiger partial charge in [0.05, 0.1) is 6.10 Å². The lowest BCUT2D eigenvalue weighted by Gasteiger charge is -2.28. The molecule has 2 nitrogen and oxygen atoms in total. The predicted molar refractivity (Wildman–Crippen MR) is 69.6 cm³/mol. The Kier molecular flexibility index (Phi) is 4.99. The number of alkyl halides is 1. The quantitative estimate of drug-likeness (QED) is 0.779. The van der Waals surface area contributed by atoms with Gasteiger partial charge in [-0.1, -0.05) is 0 Å². The monoisotopic (exact) mass is 290 g/mol. The summed E-state index contributed by atoms with van der Waals surface area (Å²) in [5, 5.41) is 0. The van der Waals surface area contributed by atoms with E-state index in [-0.39, 0.29) is 23.8 Å². The minimum absolute atomic E-state index is 0.0727. The van der Waals surface area contributed by atoms with Crippen LogP contribution >= 0.6 is 11.6 Å². The van der Waals surface area contributed by atoms with Gasteiger partial charge < -0.3 is 9.47 Å². The summed E-state index contributed by atoms with van der Waals surface area (Å²) in [5.74, 6) is -1.63. The van der Waals surface area contributed by atoms with Crippen LogP contribution < -0.4 is 4.74 Å². The van der Waals surface area contributed by atoms with Crippen LogP contribution in [0.15, 0.2) is 12.1 Å². The summed E-state index contributed by atoms with van der Waals surface area (Å²) >= 11 is 5.56. The second-order valence-electron chi connectivity index (χ2n) is 4.79. The fraction of sp³-hybridized carbons (Fsp3) is 0.571. The first kappa shape index (κ1) is 14.5. The van der Waals surface area contributed by atoms with Gasteiger partial charge in [0.1, 0.15) is 6.10 Å². The maximum absolute atomic E-state index is 13.8. The lowest BCUT2D eigenvalue weighted by molar-refractivity contribution is 0.0184. The third kappa shape index (κ3) is 3.57. The van der Waals surface area contributed by atoms with Crippen molar-refractivity contribution in [1.82, 2.24) is 0 Å². The highest BCUT2D eigenvalue weighted by molar-refractivity contribution is 6.17. The second-order valence-corrected chi connectivity index (χ2v) is 5.05. The number of rotatable bonds is 4. The Hall–Kier alpha value is -0.870. The molecule has 19 heavy (non-hydrogen) atoms. The van der Waals surface area contributed by atoms with Crippen molar-refractivity contribution in [3.8, 4) is 5.75 Å². The topological polar surface area (TPSA) is 18.5 Å². The van der Waals surface area contributed by atoms with E-state index in [0.29, 0.717) is 12.0 Å². The Balaban J connectivity index is 2.10. The molecule has 1 fully saturated rings. The minimum atomic E-state index is -0.699. The molecule has 1 saturated carbocycles. The van der Waals surface area contributed by atoms with Gasteiger partial charge in [-0.05, 0) is 37.0 Å². The number of benzene rings is 1. The Morgan fingerprint density at radius 2 is 1.84 bits per heavy atom. The van der Waals surface area contributed by atoms with E-state index in [0.717, 1.165) is 19.3 Å². The fourth-order valence-corrected chi connectivity index (χ4v) is 2.55. The molecule has 5 heteroatoms. The van der Waals surface area contributed by atoms with Gasteiger partial charge in [0.15, 0.2) is 17.4 Å². The van der Waals surface area contributed by atoms with Gasteiger partial charge in [-0.3, -0.25) is 0 Å². The van der Waals surface area contributed by atoms with Gasteiger partial charge in [-0.2, -0.15) is 0 Å². The van der Waals surface area contributed by atoms with Gasteiger partial charge in [0, 0.05) is 19.4 Å². The molecule has 1 aromatic carbocycles. The molecule has 0 bridgehead atoms. The zero-order valence-corrected chi connectivity index (χ0v) is 11.6. The number of methoxy groups -OCH3 is 1. The molecule has 1 aromatic rings. The van der Waals surface area contributed by atoms with Crippen LogP contribution in [0.3, 0.4) is 0 Å². The molecule has 0 aromatic heterocycles. The standard InChI is InChI=1S/C14H17ClF2O2/c1-18-10-3-2-4-11(7-10)19-14-12(16)5-9(8-15)6-13(14)17/h5-6,10-11H,2-4,7-8H2,1H3. The molecule has 0 spiro atoms. The Morgan fingerprint density at radius 3 is 2.42 bits per heavy atom. The van der Waals surface area contributed by atoms with E-state index in [1.54, 1.807) is 7.11 Å². The van der Waals surface area contributed by atoms with Crippen molar-refractivity contribution < 1.29 is 18.3 Å². The van der Waals surface area contributed by atoms with Gasteiger partial charge in [-0.15, -0.1) is 11.6 Å². The minimum Gasteiger partial charge on any atom is -0.484 e. The second kappa shape index (κ2) is 6.53. The van der Waals surface area contributed by atoms with Crippen molar-refractivity contribution >= 4 is 11.6 Å². The first-order valence-corrected chi connectivity index (χ1v) is 6.90. The third-order valence-corrected chi connectivity index (χ3v) is 3.72. The molecular formula is C14H17ClF2O2. The zero-order chi connectivity index (χ0) is 13.8. The molecule has 1 aliphatic carbocycles. The van der Waals surface area contributed by atoms with Crippen LogP contribution in [0.2, 0.25) is 0 Å². The van der Waals surface area contributed by atoms with E-state index in [2.05, 4.69) is 0 Å². The highest BCUT2D eigenvalue weighted by Gasteiger charge is 2.25. The van der Waals surface area contributed by atoms with Crippen molar-refractivity contribution in [2.24, 2.45) is 0 Å². The Labute approximate surface area is 116 Å². The van der Waals surface area contributed by atoms with Crippen molar-refractivity contribution in [3.05, 3.63) is 29.3 Å². The van der Waals surface area contributed by atoms with Crippen LogP contribution in [0.1, 0.15) is 31.2 Å². The van der Waals surface area contributed by atoms with Gasteiger partial charge in [0.2, 0.25) is 0 Å². The normalized spacial score (nSPS) is 23.4. The zero-order valence-electron chi connectivity index (χ0n) is 10.8. The van der Waals surface area contributed by atoms with Crippen LogP contribution in [0, 0.1) is 11.6 Å². The largest absolute Gasteiger partial charge is 0.484 e. The van der Waals surface area contributed by atoms with Crippen molar-refractivity contribution in [2.75, 3.05) is 7.11 Å². The van der Waals surface area contributed by atoms with Crippen molar-refractivity contribution in [1.29, 1.82) is 0 Å². The average Bonchev–Trinajstić information content (AvgIpc) is 2.42. The molecule has 1 aliphatic rings. The van der Waals surface area contributed by atoms with E-state index in [4.69, 9.17) is 21.1 Å². The number of hydrogen-bond acceptors (Lipinski definition) is 2. The summed E-state index contributed by atoms with van der Waals surface area (Å²) in [4.78, 5) is 0.